The minimum absolute atomic E-state index is 0.0615. The van der Waals surface area contributed by atoms with E-state index in [0.29, 0.717) is 22.3 Å². The molecule has 1 unspecified atom stereocenters. The molecule has 2 N–H and O–H groups in total. The second-order valence-corrected chi connectivity index (χ2v) is 6.12. The molecule has 7 nitrogen and oxygen atoms in total. The van der Waals surface area contributed by atoms with Crippen LogP contribution in [0.2, 0.25) is 5.02 Å². The molecule has 1 aromatic heterocycles. The van der Waals surface area contributed by atoms with Gasteiger partial charge in [-0.15, -0.1) is 0 Å². The predicted octanol–water partition coefficient (Wildman–Crippen LogP) is 3.49. The largest absolute Gasteiger partial charge is 0.508 e. The Morgan fingerprint density at radius 1 is 1.30 bits per heavy atom. The molecule has 0 radical (unpaired) electrons. The van der Waals surface area contributed by atoms with E-state index in [9.17, 15) is 9.90 Å². The average Bonchev–Trinajstić information content (AvgIpc) is 3.12. The van der Waals surface area contributed by atoms with Gasteiger partial charge in [0, 0.05) is 10.6 Å². The first-order chi connectivity index (χ1) is 13.1. The number of nitrogens with one attached hydrogen (secondary N) is 1. The van der Waals surface area contributed by atoms with Crippen LogP contribution in [0.1, 0.15) is 24.4 Å². The lowest BCUT2D eigenvalue weighted by Crippen LogP contribution is -2.30. The van der Waals surface area contributed by atoms with Gasteiger partial charge in [0.2, 0.25) is 11.7 Å². The van der Waals surface area contributed by atoms with Crippen LogP contribution >= 0.6 is 11.6 Å². The Hall–Kier alpha value is -2.90. The zero-order chi connectivity index (χ0) is 19.2. The number of esters is 1. The molecule has 1 atom stereocenters. The van der Waals surface area contributed by atoms with Gasteiger partial charge in [0.25, 0.3) is 0 Å². The minimum Gasteiger partial charge on any atom is -0.508 e. The third-order valence-corrected chi connectivity index (χ3v) is 4.01. The molecule has 3 aromatic rings. The summed E-state index contributed by atoms with van der Waals surface area (Å²) in [4.78, 5) is 16.6. The Kier molecular flexibility index (Phi) is 6.05. The molecular weight excluding hydrogens is 370 g/mol. The van der Waals surface area contributed by atoms with Crippen LogP contribution in [0.5, 0.6) is 5.75 Å². The first-order valence-corrected chi connectivity index (χ1v) is 8.72. The van der Waals surface area contributed by atoms with Crippen molar-refractivity contribution in [3.05, 3.63) is 65.0 Å². The minimum atomic E-state index is -0.775. The van der Waals surface area contributed by atoms with Crippen LogP contribution in [-0.4, -0.2) is 27.8 Å². The summed E-state index contributed by atoms with van der Waals surface area (Å²) < 4.78 is 10.4. The van der Waals surface area contributed by atoms with E-state index in [1.807, 2.05) is 0 Å². The molecule has 2 aromatic carbocycles. The fourth-order valence-corrected chi connectivity index (χ4v) is 2.63. The SMILES string of the molecule is CCOC(=O)C(NCc1nc(-c2ccc(Cl)cc2)no1)c1cccc(O)c1. The predicted molar refractivity (Wildman–Crippen MR) is 99.1 cm³/mol. The van der Waals surface area contributed by atoms with Crippen molar-refractivity contribution in [3.63, 3.8) is 0 Å². The molecule has 140 valence electrons. The monoisotopic (exact) mass is 387 g/mol. The van der Waals surface area contributed by atoms with Crippen molar-refractivity contribution < 1.29 is 19.2 Å². The molecule has 0 aliphatic rings. The number of hydrogen-bond donors (Lipinski definition) is 2. The summed E-state index contributed by atoms with van der Waals surface area (Å²) in [5.41, 5.74) is 1.34. The highest BCUT2D eigenvalue weighted by molar-refractivity contribution is 6.30. The highest BCUT2D eigenvalue weighted by Crippen LogP contribution is 2.21. The maximum atomic E-state index is 12.3. The van der Waals surface area contributed by atoms with Crippen LogP contribution in [0.3, 0.4) is 0 Å². The number of halogens is 1. The normalized spacial score (nSPS) is 11.9. The zero-order valence-corrected chi connectivity index (χ0v) is 15.3. The summed E-state index contributed by atoms with van der Waals surface area (Å²) in [6.45, 7) is 2.13. The molecule has 0 spiro atoms. The summed E-state index contributed by atoms with van der Waals surface area (Å²) in [6, 6.07) is 12.7. The van der Waals surface area contributed by atoms with Crippen LogP contribution in [0.15, 0.2) is 53.1 Å². The number of carbonyl (C=O) groups is 1. The highest BCUT2D eigenvalue weighted by atomic mass is 35.5. The summed E-state index contributed by atoms with van der Waals surface area (Å²) >= 11 is 5.88. The number of carbonyl (C=O) groups excluding carboxylic acids is 1. The van der Waals surface area contributed by atoms with Gasteiger partial charge in [-0.2, -0.15) is 4.98 Å². The molecule has 0 aliphatic carbocycles. The van der Waals surface area contributed by atoms with Crippen molar-refractivity contribution in [1.82, 2.24) is 15.5 Å². The van der Waals surface area contributed by atoms with Gasteiger partial charge in [-0.3, -0.25) is 5.32 Å². The highest BCUT2D eigenvalue weighted by Gasteiger charge is 2.23. The summed E-state index contributed by atoms with van der Waals surface area (Å²) in [5, 5.41) is 17.3. The fraction of sp³-hybridized carbons (Fsp3) is 0.211. The molecule has 8 heteroatoms. The van der Waals surface area contributed by atoms with Gasteiger partial charge in [0.1, 0.15) is 11.8 Å². The first kappa shape index (κ1) is 18.9. The van der Waals surface area contributed by atoms with E-state index in [0.717, 1.165) is 5.56 Å². The summed E-state index contributed by atoms with van der Waals surface area (Å²) in [6.07, 6.45) is 0. The Morgan fingerprint density at radius 2 is 2.07 bits per heavy atom. The number of aromatic hydroxyl groups is 1. The third kappa shape index (κ3) is 4.84. The molecule has 0 saturated carbocycles. The van der Waals surface area contributed by atoms with Crippen molar-refractivity contribution >= 4 is 17.6 Å². The maximum Gasteiger partial charge on any atom is 0.327 e. The third-order valence-electron chi connectivity index (χ3n) is 3.75. The molecule has 0 bridgehead atoms. The Morgan fingerprint density at radius 3 is 2.78 bits per heavy atom. The van der Waals surface area contributed by atoms with Gasteiger partial charge in [-0.25, -0.2) is 4.79 Å². The summed E-state index contributed by atoms with van der Waals surface area (Å²) in [7, 11) is 0. The maximum absolute atomic E-state index is 12.3. The molecule has 0 amide bonds. The van der Waals surface area contributed by atoms with Gasteiger partial charge in [0.05, 0.1) is 13.2 Å². The topological polar surface area (TPSA) is 97.5 Å². The molecule has 0 saturated heterocycles. The number of aromatic nitrogens is 2. The molecule has 1 heterocycles. The van der Waals surface area contributed by atoms with E-state index in [2.05, 4.69) is 15.5 Å². The van der Waals surface area contributed by atoms with Crippen molar-refractivity contribution in [2.24, 2.45) is 0 Å². The Balaban J connectivity index is 1.73. The van der Waals surface area contributed by atoms with E-state index in [4.69, 9.17) is 20.9 Å². The number of rotatable bonds is 7. The van der Waals surface area contributed by atoms with Gasteiger partial charge in [0.15, 0.2) is 0 Å². The Labute approximate surface area is 160 Å². The number of phenolic OH excluding ortho intramolecular Hbond substituents is 1. The van der Waals surface area contributed by atoms with Gasteiger partial charge >= 0.3 is 5.97 Å². The lowest BCUT2D eigenvalue weighted by Gasteiger charge is -2.16. The van der Waals surface area contributed by atoms with Crippen molar-refractivity contribution in [2.75, 3.05) is 6.61 Å². The number of nitrogens with zero attached hydrogens (tertiary/aromatic N) is 2. The lowest BCUT2D eigenvalue weighted by molar-refractivity contribution is -0.145. The molecule has 3 rings (SSSR count). The van der Waals surface area contributed by atoms with Gasteiger partial charge in [-0.1, -0.05) is 28.9 Å². The zero-order valence-electron chi connectivity index (χ0n) is 14.6. The van der Waals surface area contributed by atoms with Crippen molar-refractivity contribution in [1.29, 1.82) is 0 Å². The van der Waals surface area contributed by atoms with Crippen LogP contribution < -0.4 is 5.32 Å². The number of ether oxygens (including phenoxy) is 1. The number of phenols is 1. The quantitative estimate of drug-likeness (QED) is 0.599. The molecule has 0 aliphatic heterocycles. The molecule has 0 fully saturated rings. The van der Waals surface area contributed by atoms with Crippen LogP contribution in [0.25, 0.3) is 11.4 Å². The van der Waals surface area contributed by atoms with Crippen LogP contribution in [-0.2, 0) is 16.1 Å². The van der Waals surface area contributed by atoms with E-state index in [1.165, 1.54) is 12.1 Å². The fourth-order valence-electron chi connectivity index (χ4n) is 2.50. The van der Waals surface area contributed by atoms with Gasteiger partial charge < -0.3 is 14.4 Å². The number of benzene rings is 2. The summed E-state index contributed by atoms with van der Waals surface area (Å²) in [5.74, 6) is 0.342. The van der Waals surface area contributed by atoms with Crippen molar-refractivity contribution in [3.8, 4) is 17.1 Å². The Bertz CT molecular complexity index is 911. The van der Waals surface area contributed by atoms with E-state index < -0.39 is 12.0 Å². The smallest absolute Gasteiger partial charge is 0.327 e. The standard InChI is InChI=1S/C19H18ClN3O4/c1-2-26-19(25)17(13-4-3-5-15(24)10-13)21-11-16-22-18(23-27-16)12-6-8-14(20)9-7-12/h3-10,17,21,24H,2,11H2,1H3. The van der Waals surface area contributed by atoms with Gasteiger partial charge in [-0.05, 0) is 48.9 Å². The molecular formula is C19H18ClN3O4. The van der Waals surface area contributed by atoms with E-state index in [-0.39, 0.29) is 18.9 Å². The second kappa shape index (κ2) is 8.66. The number of hydrogen-bond acceptors (Lipinski definition) is 7. The lowest BCUT2D eigenvalue weighted by atomic mass is 10.1. The van der Waals surface area contributed by atoms with Crippen LogP contribution in [0.4, 0.5) is 0 Å². The van der Waals surface area contributed by atoms with E-state index in [1.54, 1.807) is 43.3 Å². The van der Waals surface area contributed by atoms with Crippen LogP contribution in [0, 0.1) is 0 Å². The second-order valence-electron chi connectivity index (χ2n) is 5.68. The average molecular weight is 388 g/mol. The first-order valence-electron chi connectivity index (χ1n) is 8.34. The molecule has 27 heavy (non-hydrogen) atoms. The van der Waals surface area contributed by atoms with Crippen molar-refractivity contribution in [2.45, 2.75) is 19.5 Å². The van der Waals surface area contributed by atoms with E-state index >= 15 is 0 Å².